The Kier molecular flexibility index (Phi) is 5.69. The zero-order chi connectivity index (χ0) is 14.3. The van der Waals surface area contributed by atoms with E-state index in [1.54, 1.807) is 32.3 Å². The van der Waals surface area contributed by atoms with Crippen LogP contribution in [0.25, 0.3) is 0 Å². The lowest BCUT2D eigenvalue weighted by atomic mass is 10.3. The van der Waals surface area contributed by atoms with Crippen LogP contribution >= 0.6 is 0 Å². The molecule has 102 valence electrons. The third kappa shape index (κ3) is 5.78. The highest BCUT2D eigenvalue weighted by atomic mass is 19.1. The molecular weight excluding hydrogens is 247 g/mol. The number of nitrogen functional groups attached to an aromatic ring is 1. The van der Waals surface area contributed by atoms with Crippen molar-refractivity contribution in [2.45, 2.75) is 6.92 Å². The molecular formula is C13H17FN4O. The number of anilines is 2. The van der Waals surface area contributed by atoms with Crippen molar-refractivity contribution in [2.24, 2.45) is 0 Å². The van der Waals surface area contributed by atoms with Crippen molar-refractivity contribution in [3.05, 3.63) is 48.1 Å². The van der Waals surface area contributed by atoms with E-state index in [0.717, 1.165) is 0 Å². The number of hydrogen-bond donors (Lipinski definition) is 2. The van der Waals surface area contributed by atoms with Crippen molar-refractivity contribution in [3.63, 3.8) is 0 Å². The Hall–Kier alpha value is -2.21. The Balaban J connectivity index is 2.90. The lowest BCUT2D eigenvalue weighted by molar-refractivity contribution is 0.234. The van der Waals surface area contributed by atoms with Crippen LogP contribution in [0.15, 0.2) is 42.4 Å². The average Bonchev–Trinajstić information content (AvgIpc) is 2.26. The molecule has 0 atom stereocenters. The molecule has 1 aromatic rings. The molecule has 0 spiro atoms. The molecule has 0 saturated heterocycles. The Bertz CT molecular complexity index is 491. The number of aryl methyl sites for hydroxylation is 1. The van der Waals surface area contributed by atoms with Crippen LogP contribution in [-0.2, 0) is 4.74 Å². The van der Waals surface area contributed by atoms with Gasteiger partial charge in [-0.3, -0.25) is 0 Å². The summed E-state index contributed by atoms with van der Waals surface area (Å²) < 4.78 is 17.8. The van der Waals surface area contributed by atoms with E-state index in [1.165, 1.54) is 6.08 Å². The zero-order valence-corrected chi connectivity index (χ0v) is 11.0. The molecule has 0 fully saturated rings. The minimum atomic E-state index is -0.566. The van der Waals surface area contributed by atoms with E-state index in [-0.39, 0.29) is 5.95 Å². The standard InChI is InChI=1S/C13H17FN4O/c1-9(14)7-11(5-4-6-19-3)17-12-8-10(2)16-13(15)18-12/h4-5,7-8H,1,6H2,2-3H3,(H3,15,16,17,18)/b5-4-,11-7+. The molecule has 0 aromatic carbocycles. The second-order valence-electron chi connectivity index (χ2n) is 3.78. The summed E-state index contributed by atoms with van der Waals surface area (Å²) in [6.07, 6.45) is 4.65. The molecule has 1 aromatic heterocycles. The SMILES string of the molecule is C=C(F)/C=C(\C=C/COC)Nc1cc(C)nc(N)n1. The molecule has 0 aliphatic carbocycles. The number of methoxy groups -OCH3 is 1. The van der Waals surface area contributed by atoms with E-state index >= 15 is 0 Å². The van der Waals surface area contributed by atoms with Gasteiger partial charge in [-0.25, -0.2) is 9.37 Å². The molecule has 1 heterocycles. The van der Waals surface area contributed by atoms with Crippen molar-refractivity contribution >= 4 is 11.8 Å². The van der Waals surface area contributed by atoms with Gasteiger partial charge in [0.1, 0.15) is 11.6 Å². The first-order valence-corrected chi connectivity index (χ1v) is 5.61. The minimum Gasteiger partial charge on any atom is -0.381 e. The maximum Gasteiger partial charge on any atom is 0.222 e. The summed E-state index contributed by atoms with van der Waals surface area (Å²) in [4.78, 5) is 7.96. The van der Waals surface area contributed by atoms with Gasteiger partial charge in [0.2, 0.25) is 5.95 Å². The first kappa shape index (κ1) is 14.8. The van der Waals surface area contributed by atoms with Crippen LogP contribution in [-0.4, -0.2) is 23.7 Å². The van der Waals surface area contributed by atoms with E-state index < -0.39 is 5.83 Å². The second kappa shape index (κ2) is 7.27. The van der Waals surface area contributed by atoms with Crippen molar-refractivity contribution in [2.75, 3.05) is 24.8 Å². The van der Waals surface area contributed by atoms with Gasteiger partial charge in [0, 0.05) is 24.6 Å². The van der Waals surface area contributed by atoms with Crippen LogP contribution in [0.4, 0.5) is 16.2 Å². The van der Waals surface area contributed by atoms with Crippen LogP contribution in [0.1, 0.15) is 5.69 Å². The maximum absolute atomic E-state index is 12.9. The number of nitrogens with two attached hydrogens (primary N) is 1. The fourth-order valence-electron chi connectivity index (χ4n) is 1.37. The minimum absolute atomic E-state index is 0.154. The van der Waals surface area contributed by atoms with Gasteiger partial charge >= 0.3 is 0 Å². The smallest absolute Gasteiger partial charge is 0.222 e. The fourth-order valence-corrected chi connectivity index (χ4v) is 1.37. The summed E-state index contributed by atoms with van der Waals surface area (Å²) in [5, 5.41) is 2.94. The summed E-state index contributed by atoms with van der Waals surface area (Å²) in [7, 11) is 1.57. The molecule has 1 rings (SSSR count). The Morgan fingerprint density at radius 3 is 2.89 bits per heavy atom. The quantitative estimate of drug-likeness (QED) is 0.771. The van der Waals surface area contributed by atoms with Gasteiger partial charge in [0.25, 0.3) is 0 Å². The number of nitrogens with one attached hydrogen (secondary N) is 1. The monoisotopic (exact) mass is 264 g/mol. The topological polar surface area (TPSA) is 73.1 Å². The summed E-state index contributed by atoms with van der Waals surface area (Å²) in [5.41, 5.74) is 6.75. The normalized spacial score (nSPS) is 11.8. The Morgan fingerprint density at radius 1 is 1.58 bits per heavy atom. The lowest BCUT2D eigenvalue weighted by Crippen LogP contribution is -2.04. The first-order valence-electron chi connectivity index (χ1n) is 5.61. The largest absolute Gasteiger partial charge is 0.381 e. The van der Waals surface area contributed by atoms with Gasteiger partial charge in [0.15, 0.2) is 0 Å². The third-order valence-electron chi connectivity index (χ3n) is 2.02. The van der Waals surface area contributed by atoms with E-state index in [2.05, 4.69) is 21.9 Å². The maximum atomic E-state index is 12.9. The van der Waals surface area contributed by atoms with Crippen LogP contribution < -0.4 is 11.1 Å². The number of halogens is 1. The molecule has 5 nitrogen and oxygen atoms in total. The van der Waals surface area contributed by atoms with Crippen LogP contribution in [0, 0.1) is 6.92 Å². The van der Waals surface area contributed by atoms with Crippen LogP contribution in [0.3, 0.4) is 0 Å². The molecule has 0 aliphatic rings. The number of allylic oxidation sites excluding steroid dienone is 3. The molecule has 0 aliphatic heterocycles. The summed E-state index contributed by atoms with van der Waals surface area (Å²) in [6.45, 7) is 5.41. The van der Waals surface area contributed by atoms with Crippen LogP contribution in [0.2, 0.25) is 0 Å². The fraction of sp³-hybridized carbons (Fsp3) is 0.231. The molecule has 0 saturated carbocycles. The number of nitrogens with zero attached hydrogens (tertiary/aromatic N) is 2. The number of ether oxygens (including phenoxy) is 1. The van der Waals surface area contributed by atoms with E-state index in [4.69, 9.17) is 10.5 Å². The molecule has 6 heteroatoms. The molecule has 0 unspecified atom stereocenters. The molecule has 0 bridgehead atoms. The van der Waals surface area contributed by atoms with Crippen LogP contribution in [0.5, 0.6) is 0 Å². The molecule has 0 radical (unpaired) electrons. The highest BCUT2D eigenvalue weighted by molar-refractivity contribution is 5.49. The number of rotatable bonds is 6. The average molecular weight is 264 g/mol. The summed E-state index contributed by atoms with van der Waals surface area (Å²) >= 11 is 0. The lowest BCUT2D eigenvalue weighted by Gasteiger charge is -2.07. The highest BCUT2D eigenvalue weighted by Crippen LogP contribution is 2.12. The van der Waals surface area contributed by atoms with Gasteiger partial charge in [-0.2, -0.15) is 4.98 Å². The summed E-state index contributed by atoms with van der Waals surface area (Å²) in [5.74, 6) is 0.0738. The zero-order valence-electron chi connectivity index (χ0n) is 11.0. The van der Waals surface area contributed by atoms with Gasteiger partial charge in [0.05, 0.1) is 6.61 Å². The van der Waals surface area contributed by atoms with Crippen molar-refractivity contribution < 1.29 is 9.13 Å². The van der Waals surface area contributed by atoms with Gasteiger partial charge in [-0.1, -0.05) is 12.7 Å². The predicted octanol–water partition coefficient (Wildman–Crippen LogP) is 2.35. The number of hydrogen-bond acceptors (Lipinski definition) is 5. The molecule has 0 amide bonds. The van der Waals surface area contributed by atoms with Gasteiger partial charge < -0.3 is 15.8 Å². The first-order chi connectivity index (χ1) is 9.01. The van der Waals surface area contributed by atoms with E-state index in [9.17, 15) is 4.39 Å². The van der Waals surface area contributed by atoms with Crippen molar-refractivity contribution in [3.8, 4) is 0 Å². The molecule has 3 N–H and O–H groups in total. The third-order valence-corrected chi connectivity index (χ3v) is 2.02. The van der Waals surface area contributed by atoms with Gasteiger partial charge in [-0.05, 0) is 19.1 Å². The van der Waals surface area contributed by atoms with Gasteiger partial charge in [-0.15, -0.1) is 0 Å². The van der Waals surface area contributed by atoms with E-state index in [0.29, 0.717) is 23.8 Å². The predicted molar refractivity (Wildman–Crippen MR) is 74.2 cm³/mol. The highest BCUT2D eigenvalue weighted by Gasteiger charge is 2.01. The second-order valence-corrected chi connectivity index (χ2v) is 3.78. The van der Waals surface area contributed by atoms with Crippen molar-refractivity contribution in [1.29, 1.82) is 0 Å². The summed E-state index contributed by atoms with van der Waals surface area (Å²) in [6, 6.07) is 1.70. The van der Waals surface area contributed by atoms with E-state index in [1.807, 2.05) is 0 Å². The molecule has 19 heavy (non-hydrogen) atoms. The van der Waals surface area contributed by atoms with Crippen molar-refractivity contribution in [1.82, 2.24) is 9.97 Å². The number of aromatic nitrogens is 2. The Morgan fingerprint density at radius 2 is 2.32 bits per heavy atom. The Labute approximate surface area is 111 Å².